The summed E-state index contributed by atoms with van der Waals surface area (Å²) in [6.07, 6.45) is 0.422. The fourth-order valence-electron chi connectivity index (χ4n) is 3.09. The lowest BCUT2D eigenvalue weighted by molar-refractivity contribution is -0.141. The molecule has 0 fully saturated rings. The highest BCUT2D eigenvalue weighted by molar-refractivity contribution is 7.10. The van der Waals surface area contributed by atoms with Gasteiger partial charge in [0, 0.05) is 37.4 Å². The van der Waals surface area contributed by atoms with Gasteiger partial charge in [0.25, 0.3) is 5.91 Å². The Hall–Kier alpha value is -2.58. The average molecular weight is 403 g/mol. The van der Waals surface area contributed by atoms with Crippen molar-refractivity contribution in [2.45, 2.75) is 19.4 Å². The summed E-state index contributed by atoms with van der Waals surface area (Å²) in [5, 5.41) is 7.76. The van der Waals surface area contributed by atoms with Crippen molar-refractivity contribution in [2.24, 2.45) is 5.10 Å². The molecule has 0 unspecified atom stereocenters. The molecule has 0 radical (unpaired) electrons. The minimum atomic E-state index is -0.370. The van der Waals surface area contributed by atoms with Crippen molar-refractivity contribution in [2.75, 3.05) is 26.8 Å². The Morgan fingerprint density at radius 1 is 1.32 bits per heavy atom. The number of methoxy groups -OCH3 is 1. The van der Waals surface area contributed by atoms with E-state index in [0.29, 0.717) is 30.8 Å². The SMILES string of the molecule is COCCN(CC(=O)N1N=C(c2ccccc2F)C[C@@H]1c1cccs1)C(C)=O. The third-order valence-electron chi connectivity index (χ3n) is 4.56. The first-order valence-corrected chi connectivity index (χ1v) is 9.81. The first kappa shape index (κ1) is 20.2. The fourth-order valence-corrected chi connectivity index (χ4v) is 3.90. The van der Waals surface area contributed by atoms with E-state index in [0.717, 1.165) is 4.88 Å². The number of benzene rings is 1. The summed E-state index contributed by atoms with van der Waals surface area (Å²) >= 11 is 1.52. The molecule has 3 rings (SSSR count). The number of nitrogens with zero attached hydrogens (tertiary/aromatic N) is 3. The van der Waals surface area contributed by atoms with Gasteiger partial charge in [-0.15, -0.1) is 11.3 Å². The number of hydrazone groups is 1. The highest BCUT2D eigenvalue weighted by Crippen LogP contribution is 2.35. The Morgan fingerprint density at radius 2 is 2.11 bits per heavy atom. The summed E-state index contributed by atoms with van der Waals surface area (Å²) in [7, 11) is 1.54. The number of hydrogen-bond donors (Lipinski definition) is 0. The zero-order valence-electron chi connectivity index (χ0n) is 15.8. The van der Waals surface area contributed by atoms with Gasteiger partial charge in [-0.2, -0.15) is 5.10 Å². The zero-order valence-corrected chi connectivity index (χ0v) is 16.6. The molecule has 1 aromatic heterocycles. The van der Waals surface area contributed by atoms with Crippen LogP contribution in [0.4, 0.5) is 4.39 Å². The van der Waals surface area contributed by atoms with Crippen LogP contribution in [0.1, 0.15) is 29.8 Å². The van der Waals surface area contributed by atoms with Crippen molar-refractivity contribution in [1.29, 1.82) is 0 Å². The summed E-state index contributed by atoms with van der Waals surface area (Å²) in [5.74, 6) is -0.891. The molecule has 0 saturated carbocycles. The summed E-state index contributed by atoms with van der Waals surface area (Å²) in [6, 6.07) is 9.94. The van der Waals surface area contributed by atoms with E-state index in [4.69, 9.17) is 4.74 Å². The van der Waals surface area contributed by atoms with Gasteiger partial charge in [0.1, 0.15) is 12.4 Å². The quantitative estimate of drug-likeness (QED) is 0.714. The number of carbonyl (C=O) groups excluding carboxylic acids is 2. The summed E-state index contributed by atoms with van der Waals surface area (Å²) in [4.78, 5) is 27.2. The maximum absolute atomic E-state index is 14.2. The second-order valence-corrected chi connectivity index (χ2v) is 7.41. The van der Waals surface area contributed by atoms with Crippen molar-refractivity contribution in [3.63, 3.8) is 0 Å². The van der Waals surface area contributed by atoms with E-state index in [1.807, 2.05) is 17.5 Å². The molecule has 28 heavy (non-hydrogen) atoms. The fraction of sp³-hybridized carbons (Fsp3) is 0.350. The van der Waals surface area contributed by atoms with Crippen LogP contribution in [-0.4, -0.2) is 54.2 Å². The number of hydrogen-bond acceptors (Lipinski definition) is 5. The van der Waals surface area contributed by atoms with Gasteiger partial charge < -0.3 is 9.64 Å². The van der Waals surface area contributed by atoms with Crippen LogP contribution in [-0.2, 0) is 14.3 Å². The number of amides is 2. The number of carbonyl (C=O) groups is 2. The van der Waals surface area contributed by atoms with E-state index in [1.165, 1.54) is 34.2 Å². The Labute approximate surface area is 167 Å². The molecule has 2 amide bonds. The highest BCUT2D eigenvalue weighted by Gasteiger charge is 2.35. The molecule has 0 spiro atoms. The molecule has 0 aliphatic carbocycles. The predicted octanol–water partition coefficient (Wildman–Crippen LogP) is 3.06. The van der Waals surface area contributed by atoms with Gasteiger partial charge in [-0.3, -0.25) is 9.59 Å². The standard InChI is InChI=1S/C20H22FN3O3S/c1-14(25)23(9-10-27-2)13-20(26)24-18(19-8-5-11-28-19)12-17(22-24)15-6-3-4-7-16(15)21/h3-8,11,18H,9-10,12-13H2,1-2H3/t18-/m1/s1. The lowest BCUT2D eigenvalue weighted by Crippen LogP contribution is -2.41. The van der Waals surface area contributed by atoms with Gasteiger partial charge >= 0.3 is 0 Å². The van der Waals surface area contributed by atoms with Gasteiger partial charge in [-0.05, 0) is 17.5 Å². The third-order valence-corrected chi connectivity index (χ3v) is 5.53. The highest BCUT2D eigenvalue weighted by atomic mass is 32.1. The van der Waals surface area contributed by atoms with E-state index in [2.05, 4.69) is 5.10 Å². The predicted molar refractivity (Wildman–Crippen MR) is 106 cm³/mol. The molecule has 0 N–H and O–H groups in total. The molecule has 1 atom stereocenters. The first-order chi connectivity index (χ1) is 13.5. The Kier molecular flexibility index (Phi) is 6.53. The average Bonchev–Trinajstić information content (AvgIpc) is 3.34. The van der Waals surface area contributed by atoms with Crippen molar-refractivity contribution in [3.05, 3.63) is 58.0 Å². The first-order valence-electron chi connectivity index (χ1n) is 8.93. The van der Waals surface area contributed by atoms with Crippen molar-refractivity contribution >= 4 is 28.9 Å². The topological polar surface area (TPSA) is 62.2 Å². The minimum absolute atomic E-state index is 0.103. The number of rotatable bonds is 7. The lowest BCUT2D eigenvalue weighted by Gasteiger charge is -2.25. The van der Waals surface area contributed by atoms with Gasteiger partial charge in [0.15, 0.2) is 0 Å². The van der Waals surface area contributed by atoms with Gasteiger partial charge in [-0.25, -0.2) is 9.40 Å². The molecule has 1 aromatic carbocycles. The molecule has 1 aliphatic heterocycles. The van der Waals surface area contributed by atoms with Gasteiger partial charge in [-0.1, -0.05) is 24.3 Å². The summed E-state index contributed by atoms with van der Waals surface area (Å²) in [6.45, 7) is 1.97. The Bertz CT molecular complexity index is 869. The third kappa shape index (κ3) is 4.45. The largest absolute Gasteiger partial charge is 0.383 e. The molecule has 2 aromatic rings. The molecule has 0 saturated heterocycles. The monoisotopic (exact) mass is 403 g/mol. The molecule has 2 heterocycles. The van der Waals surface area contributed by atoms with Gasteiger partial charge in [0.05, 0.1) is 18.4 Å². The second kappa shape index (κ2) is 9.07. The van der Waals surface area contributed by atoms with E-state index in [1.54, 1.807) is 25.3 Å². The minimum Gasteiger partial charge on any atom is -0.383 e. The Balaban J connectivity index is 1.86. The molecule has 148 valence electrons. The van der Waals surface area contributed by atoms with E-state index < -0.39 is 0 Å². The van der Waals surface area contributed by atoms with Crippen molar-refractivity contribution < 1.29 is 18.7 Å². The van der Waals surface area contributed by atoms with Crippen LogP contribution < -0.4 is 0 Å². The zero-order chi connectivity index (χ0) is 20.1. The van der Waals surface area contributed by atoms with E-state index in [-0.39, 0.29) is 30.2 Å². The van der Waals surface area contributed by atoms with Crippen LogP contribution in [0, 0.1) is 5.82 Å². The van der Waals surface area contributed by atoms with E-state index >= 15 is 0 Å². The number of halogens is 1. The van der Waals surface area contributed by atoms with Crippen molar-refractivity contribution in [3.8, 4) is 0 Å². The van der Waals surface area contributed by atoms with Crippen LogP contribution >= 0.6 is 11.3 Å². The maximum atomic E-state index is 14.2. The Morgan fingerprint density at radius 3 is 2.75 bits per heavy atom. The van der Waals surface area contributed by atoms with Crippen LogP contribution in [0.5, 0.6) is 0 Å². The molecule has 1 aliphatic rings. The van der Waals surface area contributed by atoms with Crippen molar-refractivity contribution in [1.82, 2.24) is 9.91 Å². The molecule has 0 bridgehead atoms. The van der Waals surface area contributed by atoms with Crippen LogP contribution in [0.2, 0.25) is 0 Å². The molecule has 6 nitrogen and oxygen atoms in total. The smallest absolute Gasteiger partial charge is 0.262 e. The number of thiophene rings is 1. The van der Waals surface area contributed by atoms with E-state index in [9.17, 15) is 14.0 Å². The number of ether oxygens (including phenoxy) is 1. The lowest BCUT2D eigenvalue weighted by atomic mass is 10.0. The second-order valence-electron chi connectivity index (χ2n) is 6.43. The van der Waals surface area contributed by atoms with Crippen LogP contribution in [0.15, 0.2) is 46.9 Å². The summed E-state index contributed by atoms with van der Waals surface area (Å²) < 4.78 is 19.3. The summed E-state index contributed by atoms with van der Waals surface area (Å²) in [5.41, 5.74) is 0.915. The van der Waals surface area contributed by atoms with Gasteiger partial charge in [0.2, 0.25) is 5.91 Å². The molecular weight excluding hydrogens is 381 g/mol. The maximum Gasteiger partial charge on any atom is 0.262 e. The molecular formula is C20H22FN3O3S. The normalized spacial score (nSPS) is 16.2. The van der Waals surface area contributed by atoms with Crippen LogP contribution in [0.25, 0.3) is 0 Å². The van der Waals surface area contributed by atoms with Crippen LogP contribution in [0.3, 0.4) is 0 Å². The molecule has 8 heteroatoms.